The molecule has 5 aliphatic rings. The Balaban J connectivity index is 1.24. The van der Waals surface area contributed by atoms with Crippen LogP contribution < -0.4 is 0 Å². The molecule has 6 rings (SSSR count). The van der Waals surface area contributed by atoms with Crippen LogP contribution in [-0.4, -0.2) is 41.8 Å². The number of ether oxygens (including phenoxy) is 1. The van der Waals surface area contributed by atoms with E-state index in [9.17, 15) is 18.8 Å². The van der Waals surface area contributed by atoms with E-state index in [-0.39, 0.29) is 16.9 Å². The molecular weight excluding hydrogens is 385 g/mol. The number of ketones is 1. The van der Waals surface area contributed by atoms with Gasteiger partial charge in [-0.2, -0.15) is 0 Å². The van der Waals surface area contributed by atoms with Crippen LogP contribution in [0.15, 0.2) is 24.3 Å². The van der Waals surface area contributed by atoms with E-state index in [4.69, 9.17) is 4.74 Å². The van der Waals surface area contributed by atoms with Gasteiger partial charge in [0, 0.05) is 12.1 Å². The second-order valence-corrected chi connectivity index (χ2v) is 9.90. The molecule has 0 radical (unpaired) electrons. The summed E-state index contributed by atoms with van der Waals surface area (Å²) in [6, 6.07) is 4.74. The van der Waals surface area contributed by atoms with Crippen molar-refractivity contribution in [3.05, 3.63) is 35.6 Å². The Hall–Kier alpha value is -2.24. The zero-order valence-electron chi connectivity index (χ0n) is 17.1. The summed E-state index contributed by atoms with van der Waals surface area (Å²) >= 11 is 0. The highest BCUT2D eigenvalue weighted by Crippen LogP contribution is 2.60. The van der Waals surface area contributed by atoms with E-state index in [1.165, 1.54) is 37.5 Å². The largest absolute Gasteiger partial charge is 0.456 e. The van der Waals surface area contributed by atoms with Crippen molar-refractivity contribution in [2.45, 2.75) is 57.4 Å². The van der Waals surface area contributed by atoms with E-state index in [0.29, 0.717) is 30.7 Å². The van der Waals surface area contributed by atoms with Gasteiger partial charge < -0.3 is 9.64 Å². The summed E-state index contributed by atoms with van der Waals surface area (Å²) in [5.41, 5.74) is -0.106. The molecule has 1 aromatic carbocycles. The van der Waals surface area contributed by atoms with Crippen molar-refractivity contribution < 1.29 is 23.5 Å². The molecule has 160 valence electrons. The fourth-order valence-electron chi connectivity index (χ4n) is 6.91. The van der Waals surface area contributed by atoms with Gasteiger partial charge >= 0.3 is 5.97 Å². The van der Waals surface area contributed by atoms with Crippen molar-refractivity contribution >= 4 is 17.7 Å². The summed E-state index contributed by atoms with van der Waals surface area (Å²) in [6.07, 6.45) is 8.04. The maximum absolute atomic E-state index is 13.6. The molecule has 30 heavy (non-hydrogen) atoms. The molecule has 0 spiro atoms. The molecule has 1 amide bonds. The van der Waals surface area contributed by atoms with E-state index < -0.39 is 30.2 Å². The maximum Gasteiger partial charge on any atom is 0.329 e. The standard InChI is InChI=1S/C24H28FNO4/c25-19-4-1-3-18(10-19)21(27)14-30-22(28)20-5-2-6-26(20)23(29)24-11-15-7-16(12-24)9-17(8-15)13-24/h1,3-4,10,15-17,20H,2,5-9,11-14H2/t15?,16?,17?,20-,24?/m0/s1. The number of hydrogen-bond acceptors (Lipinski definition) is 4. The number of carbonyl (C=O) groups excluding carboxylic acids is 3. The normalized spacial score (nSPS) is 34.2. The highest BCUT2D eigenvalue weighted by Gasteiger charge is 2.57. The summed E-state index contributed by atoms with van der Waals surface area (Å²) in [7, 11) is 0. The van der Waals surface area contributed by atoms with Crippen molar-refractivity contribution in [1.29, 1.82) is 0 Å². The lowest BCUT2D eigenvalue weighted by atomic mass is 9.49. The Morgan fingerprint density at radius 3 is 2.37 bits per heavy atom. The average Bonchev–Trinajstić information content (AvgIpc) is 3.20. The van der Waals surface area contributed by atoms with Crippen molar-refractivity contribution in [3.63, 3.8) is 0 Å². The lowest BCUT2D eigenvalue weighted by molar-refractivity contribution is -0.165. The quantitative estimate of drug-likeness (QED) is 0.545. The average molecular weight is 413 g/mol. The molecule has 0 N–H and O–H groups in total. The molecule has 4 saturated carbocycles. The van der Waals surface area contributed by atoms with Crippen molar-refractivity contribution in [3.8, 4) is 0 Å². The third kappa shape index (κ3) is 3.44. The number of benzene rings is 1. The van der Waals surface area contributed by atoms with Crippen LogP contribution in [0.5, 0.6) is 0 Å². The van der Waals surface area contributed by atoms with E-state index in [1.807, 2.05) is 0 Å². The Labute approximate surface area is 176 Å². The summed E-state index contributed by atoms with van der Waals surface area (Å²) < 4.78 is 18.6. The Bertz CT molecular complexity index is 846. The van der Waals surface area contributed by atoms with E-state index in [0.717, 1.165) is 31.7 Å². The first-order chi connectivity index (χ1) is 14.4. The third-order valence-corrected chi connectivity index (χ3v) is 7.77. The number of nitrogens with zero attached hydrogens (tertiary/aromatic N) is 1. The molecule has 1 aromatic rings. The van der Waals surface area contributed by atoms with Gasteiger partial charge in [0.1, 0.15) is 11.9 Å². The first-order valence-corrected chi connectivity index (χ1v) is 11.2. The Morgan fingerprint density at radius 1 is 1.07 bits per heavy atom. The number of hydrogen-bond donors (Lipinski definition) is 0. The van der Waals surface area contributed by atoms with Crippen LogP contribution in [0.1, 0.15) is 61.7 Å². The van der Waals surface area contributed by atoms with Crippen LogP contribution >= 0.6 is 0 Å². The van der Waals surface area contributed by atoms with Gasteiger partial charge in [-0.15, -0.1) is 0 Å². The van der Waals surface area contributed by atoms with Crippen LogP contribution in [0.25, 0.3) is 0 Å². The molecule has 6 heteroatoms. The second-order valence-electron chi connectivity index (χ2n) is 9.90. The highest BCUT2D eigenvalue weighted by molar-refractivity contribution is 5.98. The van der Waals surface area contributed by atoms with E-state index in [1.54, 1.807) is 4.90 Å². The lowest BCUT2D eigenvalue weighted by Crippen LogP contribution is -2.56. The van der Waals surface area contributed by atoms with Crippen LogP contribution in [0.4, 0.5) is 4.39 Å². The molecule has 0 aromatic heterocycles. The van der Waals surface area contributed by atoms with Gasteiger partial charge in [-0.3, -0.25) is 9.59 Å². The predicted molar refractivity (Wildman–Crippen MR) is 107 cm³/mol. The second kappa shape index (κ2) is 7.47. The maximum atomic E-state index is 13.6. The van der Waals surface area contributed by atoms with Gasteiger partial charge in [0.25, 0.3) is 0 Å². The summed E-state index contributed by atoms with van der Waals surface area (Å²) in [5.74, 6) is 0.661. The summed E-state index contributed by atoms with van der Waals surface area (Å²) in [6.45, 7) is 0.149. The molecule has 4 bridgehead atoms. The smallest absolute Gasteiger partial charge is 0.329 e. The number of amides is 1. The van der Waals surface area contributed by atoms with Gasteiger partial charge in [0.05, 0.1) is 5.41 Å². The molecule has 5 fully saturated rings. The van der Waals surface area contributed by atoms with E-state index in [2.05, 4.69) is 0 Å². The molecule has 1 aliphatic heterocycles. The molecule has 1 atom stereocenters. The van der Waals surface area contributed by atoms with Gasteiger partial charge in [0.2, 0.25) is 5.91 Å². The van der Waals surface area contributed by atoms with Gasteiger partial charge in [-0.05, 0) is 81.3 Å². The fraction of sp³-hybridized carbons (Fsp3) is 0.625. The first-order valence-electron chi connectivity index (χ1n) is 11.2. The van der Waals surface area contributed by atoms with Gasteiger partial charge in [0.15, 0.2) is 12.4 Å². The minimum Gasteiger partial charge on any atom is -0.456 e. The van der Waals surface area contributed by atoms with Crippen LogP contribution in [0.3, 0.4) is 0 Å². The summed E-state index contributed by atoms with van der Waals surface area (Å²) in [5, 5.41) is 0. The van der Waals surface area contributed by atoms with Crippen molar-refractivity contribution in [2.75, 3.05) is 13.2 Å². The van der Waals surface area contributed by atoms with Crippen LogP contribution in [-0.2, 0) is 14.3 Å². The van der Waals surface area contributed by atoms with Crippen molar-refractivity contribution in [1.82, 2.24) is 4.90 Å². The molecular formula is C24H28FNO4. The van der Waals surface area contributed by atoms with Crippen molar-refractivity contribution in [2.24, 2.45) is 23.2 Å². The van der Waals surface area contributed by atoms with E-state index >= 15 is 0 Å². The number of esters is 1. The molecule has 5 nitrogen and oxygen atoms in total. The zero-order chi connectivity index (χ0) is 20.9. The Morgan fingerprint density at radius 2 is 1.73 bits per heavy atom. The predicted octanol–water partition coefficient (Wildman–Crippen LogP) is 3.76. The highest BCUT2D eigenvalue weighted by atomic mass is 19.1. The topological polar surface area (TPSA) is 63.7 Å². The minimum atomic E-state index is -0.606. The van der Waals surface area contributed by atoms with Gasteiger partial charge in [-0.25, -0.2) is 9.18 Å². The summed E-state index contributed by atoms with van der Waals surface area (Å²) in [4.78, 5) is 40.3. The molecule has 1 saturated heterocycles. The molecule has 0 unspecified atom stereocenters. The third-order valence-electron chi connectivity index (χ3n) is 7.77. The molecule has 4 aliphatic carbocycles. The number of Topliss-reactive ketones (excluding diaryl/α,β-unsaturated/α-hetero) is 1. The fourth-order valence-corrected chi connectivity index (χ4v) is 6.91. The number of likely N-dealkylation sites (tertiary alicyclic amines) is 1. The SMILES string of the molecule is O=C(COC(=O)[C@@H]1CCCN1C(=O)C12CC3CC(CC(C3)C1)C2)c1cccc(F)c1. The lowest BCUT2D eigenvalue weighted by Gasteiger charge is -2.56. The van der Waals surface area contributed by atoms with Crippen LogP contribution in [0, 0.1) is 29.0 Å². The monoisotopic (exact) mass is 413 g/mol. The minimum absolute atomic E-state index is 0.137. The molecule has 1 heterocycles. The number of halogens is 1. The number of carbonyl (C=O) groups is 3. The Kier molecular flexibility index (Phi) is 4.91. The number of rotatable bonds is 5. The van der Waals surface area contributed by atoms with Gasteiger partial charge in [-0.1, -0.05) is 12.1 Å². The zero-order valence-corrected chi connectivity index (χ0v) is 17.1. The first kappa shape index (κ1) is 19.7. The van der Waals surface area contributed by atoms with Crippen LogP contribution in [0.2, 0.25) is 0 Å².